The highest BCUT2D eigenvalue weighted by Gasteiger charge is 2.13. The predicted octanol–water partition coefficient (Wildman–Crippen LogP) is 4.76. The van der Waals surface area contributed by atoms with E-state index in [1.807, 2.05) is 74.5 Å². The van der Waals surface area contributed by atoms with E-state index < -0.39 is 0 Å². The van der Waals surface area contributed by atoms with Crippen LogP contribution in [-0.2, 0) is 0 Å². The van der Waals surface area contributed by atoms with Crippen LogP contribution in [0.5, 0.6) is 0 Å². The van der Waals surface area contributed by atoms with Crippen molar-refractivity contribution in [2.45, 2.75) is 13.8 Å². The van der Waals surface area contributed by atoms with Gasteiger partial charge in [-0.1, -0.05) is 42.5 Å². The first-order valence-corrected chi connectivity index (χ1v) is 10.0. The lowest BCUT2D eigenvalue weighted by Gasteiger charge is -2.13. The summed E-state index contributed by atoms with van der Waals surface area (Å²) < 4.78 is 0. The van der Waals surface area contributed by atoms with Crippen LogP contribution >= 0.6 is 0 Å². The van der Waals surface area contributed by atoms with Crippen molar-refractivity contribution in [3.8, 4) is 17.3 Å². The van der Waals surface area contributed by atoms with E-state index >= 15 is 0 Å². The molecule has 4 rings (SSSR count). The summed E-state index contributed by atoms with van der Waals surface area (Å²) in [7, 11) is 0. The first kappa shape index (κ1) is 20.6. The van der Waals surface area contributed by atoms with Crippen LogP contribution < -0.4 is 16.4 Å². The van der Waals surface area contributed by atoms with E-state index in [1.54, 1.807) is 6.07 Å². The molecule has 0 atom stereocenters. The molecule has 2 heterocycles. The zero-order valence-corrected chi connectivity index (χ0v) is 17.7. The predicted molar refractivity (Wildman–Crippen MR) is 127 cm³/mol. The van der Waals surface area contributed by atoms with Gasteiger partial charge < -0.3 is 21.4 Å². The Bertz CT molecular complexity index is 1300. The molecule has 0 saturated heterocycles. The van der Waals surface area contributed by atoms with E-state index in [9.17, 15) is 5.26 Å². The average molecular weight is 422 g/mol. The molecule has 0 spiro atoms. The lowest BCUT2D eigenvalue weighted by atomic mass is 10.1. The molecule has 5 N–H and O–H groups in total. The number of rotatable bonds is 5. The van der Waals surface area contributed by atoms with Crippen molar-refractivity contribution in [2.75, 3.05) is 10.6 Å². The largest absolute Gasteiger partial charge is 0.369 e. The van der Waals surface area contributed by atoms with Crippen molar-refractivity contribution in [3.63, 3.8) is 0 Å². The van der Waals surface area contributed by atoms with Gasteiger partial charge in [0, 0.05) is 11.3 Å². The third-order valence-corrected chi connectivity index (χ3v) is 5.02. The molecule has 158 valence electrons. The maximum absolute atomic E-state index is 9.48. The number of nitrogens with zero attached hydrogens (tertiary/aromatic N) is 4. The number of benzene rings is 2. The van der Waals surface area contributed by atoms with Gasteiger partial charge in [0.25, 0.3) is 0 Å². The highest BCUT2D eigenvalue weighted by atomic mass is 15.2. The fourth-order valence-electron chi connectivity index (χ4n) is 3.23. The summed E-state index contributed by atoms with van der Waals surface area (Å²) in [4.78, 5) is 7.52. The third kappa shape index (κ3) is 4.42. The Morgan fingerprint density at radius 3 is 2.38 bits per heavy atom. The van der Waals surface area contributed by atoms with E-state index in [0.717, 1.165) is 28.2 Å². The molecule has 32 heavy (non-hydrogen) atoms. The molecule has 2 aromatic heterocycles. The molecule has 0 bridgehead atoms. The number of nitrogens with one attached hydrogen (secondary N) is 3. The molecule has 8 heteroatoms. The highest BCUT2D eigenvalue weighted by molar-refractivity contribution is 5.97. The number of aliphatic imine (C=N–C) groups is 1. The fraction of sp³-hybridized carbons (Fsp3) is 0.0833. The van der Waals surface area contributed by atoms with E-state index in [0.29, 0.717) is 22.9 Å². The number of guanidine groups is 1. The molecule has 0 radical (unpaired) electrons. The molecular weight excluding hydrogens is 400 g/mol. The molecule has 2 aromatic carbocycles. The van der Waals surface area contributed by atoms with Crippen LogP contribution in [0.25, 0.3) is 11.3 Å². The minimum absolute atomic E-state index is 0.167. The molecule has 0 aliphatic carbocycles. The molecule has 8 nitrogen and oxygen atoms in total. The van der Waals surface area contributed by atoms with Crippen LogP contribution in [0.15, 0.2) is 71.7 Å². The van der Waals surface area contributed by atoms with Gasteiger partial charge in [-0.15, -0.1) is 10.2 Å². The summed E-state index contributed by atoms with van der Waals surface area (Å²) in [6, 6.07) is 23.2. The first-order valence-electron chi connectivity index (χ1n) is 10.0. The van der Waals surface area contributed by atoms with Crippen molar-refractivity contribution in [3.05, 3.63) is 83.6 Å². The van der Waals surface area contributed by atoms with Crippen molar-refractivity contribution < 1.29 is 0 Å². The number of aryl methyl sites for hydroxylation is 1. The Kier molecular flexibility index (Phi) is 5.81. The second kappa shape index (κ2) is 9.02. The summed E-state index contributed by atoms with van der Waals surface area (Å²) in [5.41, 5.74) is 11.7. The standard InChI is InChI=1S/C24H22N8/c1-15-16(2)27-23(18(15)14-25)28-20-10-6-7-11-21(20)29-24(26)30-22-13-12-19(31-32-22)17-8-4-3-5-9-17/h3-13,27-28H,1-2H3,(H3,26,29,30,32). The van der Waals surface area contributed by atoms with E-state index in [4.69, 9.17) is 5.73 Å². The van der Waals surface area contributed by atoms with E-state index in [2.05, 4.69) is 36.9 Å². The first-order chi connectivity index (χ1) is 15.5. The number of hydrogen-bond donors (Lipinski definition) is 4. The van der Waals surface area contributed by atoms with Gasteiger partial charge in [-0.3, -0.25) is 0 Å². The molecular formula is C24H22N8. The molecule has 0 unspecified atom stereocenters. The Morgan fingerprint density at radius 1 is 0.969 bits per heavy atom. The maximum Gasteiger partial charge on any atom is 0.199 e. The number of nitrogens with two attached hydrogens (primary N) is 1. The van der Waals surface area contributed by atoms with Gasteiger partial charge in [0.05, 0.1) is 22.6 Å². The van der Waals surface area contributed by atoms with Crippen molar-refractivity contribution in [1.29, 1.82) is 5.26 Å². The van der Waals surface area contributed by atoms with Crippen LogP contribution in [0, 0.1) is 25.2 Å². The van der Waals surface area contributed by atoms with Crippen LogP contribution in [0.2, 0.25) is 0 Å². The Balaban J connectivity index is 1.53. The van der Waals surface area contributed by atoms with Crippen LogP contribution in [0.3, 0.4) is 0 Å². The van der Waals surface area contributed by atoms with Crippen LogP contribution in [-0.4, -0.2) is 21.1 Å². The summed E-state index contributed by atoms with van der Waals surface area (Å²) in [5, 5.41) is 24.2. The number of nitriles is 1. The fourth-order valence-corrected chi connectivity index (χ4v) is 3.23. The summed E-state index contributed by atoms with van der Waals surface area (Å²) in [6.45, 7) is 3.84. The molecule has 0 saturated carbocycles. The number of hydrogen-bond acceptors (Lipinski definition) is 5. The normalized spacial score (nSPS) is 11.1. The van der Waals surface area contributed by atoms with E-state index in [1.165, 1.54) is 0 Å². The lowest BCUT2D eigenvalue weighted by Crippen LogP contribution is -2.22. The lowest BCUT2D eigenvalue weighted by molar-refractivity contribution is 1.03. The summed E-state index contributed by atoms with van der Waals surface area (Å²) in [6.07, 6.45) is 0. The second-order valence-electron chi connectivity index (χ2n) is 7.17. The number of para-hydroxylation sites is 2. The zero-order chi connectivity index (χ0) is 22.5. The van der Waals surface area contributed by atoms with Gasteiger partial charge in [0.2, 0.25) is 0 Å². The van der Waals surface area contributed by atoms with Gasteiger partial charge in [-0.25, -0.2) is 0 Å². The number of anilines is 3. The SMILES string of the molecule is Cc1[nH]c(Nc2ccccc2NC(N)=Nc2ccc(-c3ccccc3)nn2)c(C#N)c1C. The van der Waals surface area contributed by atoms with Gasteiger partial charge in [0.15, 0.2) is 11.8 Å². The monoisotopic (exact) mass is 422 g/mol. The minimum Gasteiger partial charge on any atom is -0.369 e. The maximum atomic E-state index is 9.48. The van der Waals surface area contributed by atoms with Crippen molar-refractivity contribution in [2.24, 2.45) is 10.7 Å². The van der Waals surface area contributed by atoms with Crippen molar-refractivity contribution in [1.82, 2.24) is 15.2 Å². The average Bonchev–Trinajstić information content (AvgIpc) is 3.08. The number of H-pyrrole nitrogens is 1. The topological polar surface area (TPSA) is 128 Å². The zero-order valence-electron chi connectivity index (χ0n) is 17.7. The Morgan fingerprint density at radius 2 is 1.69 bits per heavy atom. The summed E-state index contributed by atoms with van der Waals surface area (Å²) >= 11 is 0. The van der Waals surface area contributed by atoms with Gasteiger partial charge in [-0.2, -0.15) is 10.3 Å². The van der Waals surface area contributed by atoms with Gasteiger partial charge in [0.1, 0.15) is 11.9 Å². The van der Waals surface area contributed by atoms with Crippen molar-refractivity contribution >= 4 is 29.0 Å². The van der Waals surface area contributed by atoms with Crippen LogP contribution in [0.1, 0.15) is 16.8 Å². The van der Waals surface area contributed by atoms with Gasteiger partial charge >= 0.3 is 0 Å². The molecule has 4 aromatic rings. The Labute approximate surface area is 185 Å². The highest BCUT2D eigenvalue weighted by Crippen LogP contribution is 2.29. The molecule has 0 fully saturated rings. The second-order valence-corrected chi connectivity index (χ2v) is 7.17. The third-order valence-electron chi connectivity index (χ3n) is 5.02. The van der Waals surface area contributed by atoms with Crippen LogP contribution in [0.4, 0.5) is 23.0 Å². The van der Waals surface area contributed by atoms with Gasteiger partial charge in [-0.05, 0) is 43.7 Å². The number of aromatic amines is 1. The summed E-state index contributed by atoms with van der Waals surface area (Å²) in [5.74, 6) is 1.19. The molecule has 0 amide bonds. The smallest absolute Gasteiger partial charge is 0.199 e. The minimum atomic E-state index is 0.167. The molecule has 0 aliphatic heterocycles. The number of aromatic nitrogens is 3. The quantitative estimate of drug-likeness (QED) is 0.271. The molecule has 0 aliphatic rings. The van der Waals surface area contributed by atoms with E-state index in [-0.39, 0.29) is 5.96 Å². The Hall–Kier alpha value is -4.64.